The van der Waals surface area contributed by atoms with Gasteiger partial charge in [0.15, 0.2) is 0 Å². The summed E-state index contributed by atoms with van der Waals surface area (Å²) in [6, 6.07) is 9.41. The first-order valence-corrected chi connectivity index (χ1v) is 8.44. The van der Waals surface area contributed by atoms with Crippen LogP contribution in [0, 0.1) is 0 Å². The van der Waals surface area contributed by atoms with E-state index in [1.54, 1.807) is 0 Å². The van der Waals surface area contributed by atoms with Gasteiger partial charge in [-0.05, 0) is 37.7 Å². The van der Waals surface area contributed by atoms with E-state index in [-0.39, 0.29) is 0 Å². The van der Waals surface area contributed by atoms with Crippen LogP contribution in [0.15, 0.2) is 24.3 Å². The zero-order valence-corrected chi connectivity index (χ0v) is 13.2. The zero-order valence-electron chi connectivity index (χ0n) is 12.4. The molecule has 0 saturated carbocycles. The fourth-order valence-electron chi connectivity index (χ4n) is 2.93. The van der Waals surface area contributed by atoms with E-state index >= 15 is 0 Å². The Morgan fingerprint density at radius 3 is 2.68 bits per heavy atom. The molecule has 1 aliphatic carbocycles. The smallest absolute Gasteiger partial charge is 0.0444 e. The van der Waals surface area contributed by atoms with Crippen LogP contribution < -0.4 is 5.32 Å². The summed E-state index contributed by atoms with van der Waals surface area (Å²) in [4.78, 5) is 2.50. The van der Waals surface area contributed by atoms with Gasteiger partial charge >= 0.3 is 0 Å². The zero-order chi connectivity index (χ0) is 13.7. The summed E-state index contributed by atoms with van der Waals surface area (Å²) in [5.41, 5.74) is 3.03. The van der Waals surface area contributed by atoms with Crippen molar-refractivity contribution in [2.24, 2.45) is 0 Å². The van der Waals surface area contributed by atoms with E-state index in [0.29, 0.717) is 11.3 Å². The van der Waals surface area contributed by atoms with Gasteiger partial charge in [-0.25, -0.2) is 0 Å². The van der Waals surface area contributed by atoms with Crippen molar-refractivity contribution in [1.82, 2.24) is 10.2 Å². The minimum Gasteiger partial charge on any atom is -0.312 e. The standard InChI is InChI=1S/C16H26N2S/c1-4-18(5-2)10-11-19-15-12-13-8-6-7-9-14(13)16(15)17-3/h6-9,15-17H,4-5,10-12H2,1-3H3. The van der Waals surface area contributed by atoms with Gasteiger partial charge < -0.3 is 10.2 Å². The molecule has 0 saturated heterocycles. The van der Waals surface area contributed by atoms with Gasteiger partial charge in [0, 0.05) is 23.6 Å². The second kappa shape index (κ2) is 7.32. The van der Waals surface area contributed by atoms with Crippen molar-refractivity contribution >= 4 is 11.8 Å². The van der Waals surface area contributed by atoms with Crippen molar-refractivity contribution in [2.45, 2.75) is 31.6 Å². The summed E-state index contributed by atoms with van der Waals surface area (Å²) in [5.74, 6) is 1.23. The first-order valence-electron chi connectivity index (χ1n) is 7.39. The Morgan fingerprint density at radius 1 is 1.26 bits per heavy atom. The van der Waals surface area contributed by atoms with Crippen LogP contribution in [0.25, 0.3) is 0 Å². The Morgan fingerprint density at radius 2 is 2.00 bits per heavy atom. The molecule has 1 aromatic carbocycles. The van der Waals surface area contributed by atoms with Crippen LogP contribution in [0.3, 0.4) is 0 Å². The van der Waals surface area contributed by atoms with E-state index in [1.807, 2.05) is 0 Å². The van der Waals surface area contributed by atoms with Crippen molar-refractivity contribution in [3.8, 4) is 0 Å². The average Bonchev–Trinajstić information content (AvgIpc) is 2.81. The third-order valence-corrected chi connectivity index (χ3v) is 5.41. The van der Waals surface area contributed by atoms with E-state index in [4.69, 9.17) is 0 Å². The number of benzene rings is 1. The lowest BCUT2D eigenvalue weighted by Crippen LogP contribution is -2.28. The van der Waals surface area contributed by atoms with Crippen LogP contribution >= 0.6 is 11.8 Å². The van der Waals surface area contributed by atoms with Crippen molar-refractivity contribution < 1.29 is 0 Å². The summed E-state index contributed by atoms with van der Waals surface area (Å²) in [6.07, 6.45) is 1.21. The van der Waals surface area contributed by atoms with E-state index in [0.717, 1.165) is 13.1 Å². The molecule has 2 unspecified atom stereocenters. The summed E-state index contributed by atoms with van der Waals surface area (Å²) >= 11 is 2.13. The molecule has 3 heteroatoms. The van der Waals surface area contributed by atoms with Crippen molar-refractivity contribution in [3.63, 3.8) is 0 Å². The number of hydrogen-bond donors (Lipinski definition) is 1. The molecular weight excluding hydrogens is 252 g/mol. The molecule has 2 atom stereocenters. The molecule has 0 fully saturated rings. The molecule has 106 valence electrons. The number of thioether (sulfide) groups is 1. The monoisotopic (exact) mass is 278 g/mol. The predicted molar refractivity (Wildman–Crippen MR) is 86.0 cm³/mol. The molecule has 2 rings (SSSR count). The number of rotatable bonds is 7. The first-order chi connectivity index (χ1) is 9.30. The van der Waals surface area contributed by atoms with Gasteiger partial charge in [-0.3, -0.25) is 0 Å². The Kier molecular flexibility index (Phi) is 5.74. The molecule has 19 heavy (non-hydrogen) atoms. The maximum Gasteiger partial charge on any atom is 0.0444 e. The molecule has 1 aliphatic rings. The third-order valence-electron chi connectivity index (χ3n) is 4.13. The quantitative estimate of drug-likeness (QED) is 0.825. The van der Waals surface area contributed by atoms with Gasteiger partial charge in [-0.15, -0.1) is 0 Å². The van der Waals surface area contributed by atoms with Gasteiger partial charge in [-0.2, -0.15) is 11.8 Å². The Bertz CT molecular complexity index is 390. The summed E-state index contributed by atoms with van der Waals surface area (Å²) < 4.78 is 0. The maximum atomic E-state index is 3.50. The minimum absolute atomic E-state index is 0.526. The van der Waals surface area contributed by atoms with E-state index < -0.39 is 0 Å². The molecule has 1 N–H and O–H groups in total. The Balaban J connectivity index is 1.89. The first kappa shape index (κ1) is 14.9. The van der Waals surface area contributed by atoms with Crippen molar-refractivity contribution in [1.29, 1.82) is 0 Å². The fourth-order valence-corrected chi connectivity index (χ4v) is 4.37. The highest BCUT2D eigenvalue weighted by molar-refractivity contribution is 8.00. The highest BCUT2D eigenvalue weighted by atomic mass is 32.2. The molecule has 2 nitrogen and oxygen atoms in total. The number of nitrogens with zero attached hydrogens (tertiary/aromatic N) is 1. The summed E-state index contributed by atoms with van der Waals surface area (Å²) in [6.45, 7) is 8.03. The predicted octanol–water partition coefficient (Wildman–Crippen LogP) is 2.95. The van der Waals surface area contributed by atoms with Crippen LogP contribution in [0.4, 0.5) is 0 Å². The molecule has 0 amide bonds. The SMILES string of the molecule is CCN(CC)CCSC1Cc2ccccc2C1NC. The van der Waals surface area contributed by atoms with E-state index in [1.165, 1.54) is 29.8 Å². The second-order valence-electron chi connectivity index (χ2n) is 5.11. The van der Waals surface area contributed by atoms with Crippen LogP contribution in [0.2, 0.25) is 0 Å². The normalized spacial score (nSPS) is 21.9. The highest BCUT2D eigenvalue weighted by Crippen LogP contribution is 2.38. The van der Waals surface area contributed by atoms with Crippen molar-refractivity contribution in [2.75, 3.05) is 32.4 Å². The average molecular weight is 278 g/mol. The molecule has 1 aromatic rings. The van der Waals surface area contributed by atoms with Crippen LogP contribution in [-0.2, 0) is 6.42 Å². The largest absolute Gasteiger partial charge is 0.312 e. The molecule has 0 heterocycles. The Labute approximate surface area is 122 Å². The lowest BCUT2D eigenvalue weighted by Gasteiger charge is -2.22. The van der Waals surface area contributed by atoms with E-state index in [2.05, 4.69) is 67.1 Å². The van der Waals surface area contributed by atoms with Gasteiger partial charge in [0.2, 0.25) is 0 Å². The summed E-state index contributed by atoms with van der Waals surface area (Å²) in [7, 11) is 2.09. The van der Waals surface area contributed by atoms with Crippen molar-refractivity contribution in [3.05, 3.63) is 35.4 Å². The van der Waals surface area contributed by atoms with Crippen LogP contribution in [-0.4, -0.2) is 42.6 Å². The van der Waals surface area contributed by atoms with Gasteiger partial charge in [0.1, 0.15) is 0 Å². The molecule has 0 spiro atoms. The lowest BCUT2D eigenvalue weighted by atomic mass is 10.1. The van der Waals surface area contributed by atoms with Gasteiger partial charge in [0.05, 0.1) is 0 Å². The van der Waals surface area contributed by atoms with Gasteiger partial charge in [0.25, 0.3) is 0 Å². The Hall–Kier alpha value is -0.510. The fraction of sp³-hybridized carbons (Fsp3) is 0.625. The lowest BCUT2D eigenvalue weighted by molar-refractivity contribution is 0.323. The number of fused-ring (bicyclic) bond motifs is 1. The molecule has 0 radical (unpaired) electrons. The number of hydrogen-bond acceptors (Lipinski definition) is 3. The van der Waals surface area contributed by atoms with Gasteiger partial charge in [-0.1, -0.05) is 38.1 Å². The molecule has 0 bridgehead atoms. The van der Waals surface area contributed by atoms with Crippen LogP contribution in [0.1, 0.15) is 31.0 Å². The topological polar surface area (TPSA) is 15.3 Å². The highest BCUT2D eigenvalue weighted by Gasteiger charge is 2.31. The second-order valence-corrected chi connectivity index (χ2v) is 6.45. The number of nitrogens with one attached hydrogen (secondary N) is 1. The van der Waals surface area contributed by atoms with Crippen LogP contribution in [0.5, 0.6) is 0 Å². The minimum atomic E-state index is 0.526. The maximum absolute atomic E-state index is 3.50. The molecular formula is C16H26N2S. The molecule has 0 aliphatic heterocycles. The summed E-state index contributed by atoms with van der Waals surface area (Å²) in [5, 5.41) is 4.19. The van der Waals surface area contributed by atoms with E-state index in [9.17, 15) is 0 Å². The third kappa shape index (κ3) is 3.53. The molecule has 0 aromatic heterocycles.